The van der Waals surface area contributed by atoms with Gasteiger partial charge in [0.05, 0.1) is 16.5 Å². The molecule has 2 atom stereocenters. The number of piperazine rings is 1. The predicted molar refractivity (Wildman–Crippen MR) is 158 cm³/mol. The molecule has 1 aliphatic heterocycles. The highest BCUT2D eigenvalue weighted by atomic mass is 16.6. The highest BCUT2D eigenvalue weighted by molar-refractivity contribution is 5.94. The van der Waals surface area contributed by atoms with Gasteiger partial charge in [0.15, 0.2) is 0 Å². The van der Waals surface area contributed by atoms with Crippen molar-refractivity contribution >= 4 is 33.9 Å². The number of aryl methyl sites for hydroxylation is 3. The number of non-ortho nitro benzene ring substituents is 1. The number of carbonyl (C=O) groups excluding carboxylic acids is 1. The van der Waals surface area contributed by atoms with Gasteiger partial charge < -0.3 is 15.1 Å². The molecule has 1 aliphatic carbocycles. The summed E-state index contributed by atoms with van der Waals surface area (Å²) in [6, 6.07) is 9.28. The van der Waals surface area contributed by atoms with E-state index in [1.165, 1.54) is 5.57 Å². The largest absolute Gasteiger partial charge is 0.363 e. The van der Waals surface area contributed by atoms with Gasteiger partial charge in [-0.25, -0.2) is 9.97 Å². The Morgan fingerprint density at radius 3 is 2.50 bits per heavy atom. The summed E-state index contributed by atoms with van der Waals surface area (Å²) in [5, 5.41) is 15.8. The molecule has 1 saturated heterocycles. The second kappa shape index (κ2) is 11.3. The second-order valence-electron chi connectivity index (χ2n) is 11.4. The van der Waals surface area contributed by atoms with Crippen molar-refractivity contribution in [3.05, 3.63) is 74.6 Å². The first kappa shape index (κ1) is 27.7. The third-order valence-electron chi connectivity index (χ3n) is 8.20. The number of nitro benzene ring substituents is 1. The third kappa shape index (κ3) is 5.84. The molecule has 1 fully saturated rings. The van der Waals surface area contributed by atoms with E-state index in [2.05, 4.69) is 42.4 Å². The normalized spacial score (nSPS) is 18.9. The average molecular weight is 543 g/mol. The lowest BCUT2D eigenvalue weighted by molar-refractivity contribution is -0.385. The van der Waals surface area contributed by atoms with Gasteiger partial charge in [0.25, 0.3) is 5.69 Å². The van der Waals surface area contributed by atoms with Crippen LogP contribution in [0.2, 0.25) is 0 Å². The number of benzene rings is 2. The van der Waals surface area contributed by atoms with E-state index < -0.39 is 0 Å². The van der Waals surface area contributed by atoms with E-state index in [4.69, 9.17) is 9.97 Å². The van der Waals surface area contributed by atoms with Crippen LogP contribution in [0.25, 0.3) is 16.5 Å². The molecule has 0 saturated carbocycles. The minimum Gasteiger partial charge on any atom is -0.363 e. The quantitative estimate of drug-likeness (QED) is 0.320. The number of fused-ring (bicyclic) bond motifs is 1. The van der Waals surface area contributed by atoms with Gasteiger partial charge in [0, 0.05) is 49.6 Å². The van der Waals surface area contributed by atoms with Gasteiger partial charge in [0.2, 0.25) is 5.91 Å². The standard InChI is InChI=1S/C31H38N6O3/c1-19-14-25(17-27(15-19)37(39)40)21(3)32-30-28-18-26(16-20(2)29(28)33-22(4)34-30)23-6-8-24(9-7-23)31(38)36-12-10-35(5)11-13-36/h6,14-18,21,24H,7-13H2,1-5H3,(H,32,33,34)/t21-,24?/m1/s1. The van der Waals surface area contributed by atoms with Crippen molar-refractivity contribution in [3.63, 3.8) is 0 Å². The van der Waals surface area contributed by atoms with E-state index in [9.17, 15) is 14.9 Å². The zero-order valence-corrected chi connectivity index (χ0v) is 24.0. The lowest BCUT2D eigenvalue weighted by atomic mass is 9.85. The van der Waals surface area contributed by atoms with Gasteiger partial charge in [-0.3, -0.25) is 14.9 Å². The molecular formula is C31H38N6O3. The van der Waals surface area contributed by atoms with Crippen LogP contribution in [0.1, 0.15) is 60.3 Å². The molecule has 1 aromatic heterocycles. The molecule has 1 unspecified atom stereocenters. The number of nitrogens with one attached hydrogen (secondary N) is 1. The molecule has 0 radical (unpaired) electrons. The van der Waals surface area contributed by atoms with Crippen molar-refractivity contribution in [2.24, 2.45) is 5.92 Å². The zero-order chi connectivity index (χ0) is 28.6. The predicted octanol–water partition coefficient (Wildman–Crippen LogP) is 5.59. The van der Waals surface area contributed by atoms with Crippen molar-refractivity contribution in [1.82, 2.24) is 19.8 Å². The van der Waals surface area contributed by atoms with Crippen LogP contribution >= 0.6 is 0 Å². The Hall–Kier alpha value is -3.85. The lowest BCUT2D eigenvalue weighted by Crippen LogP contribution is -2.49. The maximum Gasteiger partial charge on any atom is 0.270 e. The Labute approximate surface area is 235 Å². The van der Waals surface area contributed by atoms with Crippen LogP contribution in [0.15, 0.2) is 36.4 Å². The first-order valence-electron chi connectivity index (χ1n) is 14.1. The van der Waals surface area contributed by atoms with E-state index >= 15 is 0 Å². The van der Waals surface area contributed by atoms with Gasteiger partial charge >= 0.3 is 0 Å². The Kier molecular flexibility index (Phi) is 7.85. The Bertz CT molecular complexity index is 1490. The smallest absolute Gasteiger partial charge is 0.270 e. The highest BCUT2D eigenvalue weighted by Crippen LogP contribution is 2.36. The number of amides is 1. The molecule has 1 amide bonds. The van der Waals surface area contributed by atoms with Gasteiger partial charge in [-0.2, -0.15) is 0 Å². The van der Waals surface area contributed by atoms with Crippen LogP contribution in [0.4, 0.5) is 11.5 Å². The molecular weight excluding hydrogens is 504 g/mol. The summed E-state index contributed by atoms with van der Waals surface area (Å²) in [4.78, 5) is 38.0. The first-order chi connectivity index (χ1) is 19.1. The fourth-order valence-corrected chi connectivity index (χ4v) is 5.85. The van der Waals surface area contributed by atoms with Crippen LogP contribution in [-0.4, -0.2) is 63.8 Å². The molecule has 9 nitrogen and oxygen atoms in total. The number of nitro groups is 1. The number of hydrogen-bond donors (Lipinski definition) is 1. The number of likely N-dealkylation sites (N-methyl/N-ethyl adjacent to an activating group) is 1. The van der Waals surface area contributed by atoms with Gasteiger partial charge in [-0.1, -0.05) is 12.1 Å². The monoisotopic (exact) mass is 542 g/mol. The molecule has 0 bridgehead atoms. The molecule has 5 rings (SSSR count). The van der Waals surface area contributed by atoms with Crippen molar-refractivity contribution in [2.45, 2.75) is 53.0 Å². The van der Waals surface area contributed by atoms with Crippen LogP contribution < -0.4 is 5.32 Å². The number of nitrogens with zero attached hydrogens (tertiary/aromatic N) is 5. The van der Waals surface area contributed by atoms with Gasteiger partial charge in [-0.15, -0.1) is 0 Å². The Morgan fingerprint density at radius 1 is 1.07 bits per heavy atom. The molecule has 3 aromatic rings. The maximum atomic E-state index is 13.1. The van der Waals surface area contributed by atoms with Crippen LogP contribution in [-0.2, 0) is 4.79 Å². The number of carbonyl (C=O) groups is 1. The molecule has 2 heterocycles. The van der Waals surface area contributed by atoms with Crippen LogP contribution in [0.5, 0.6) is 0 Å². The molecule has 210 valence electrons. The minimum absolute atomic E-state index is 0.0520. The SMILES string of the molecule is Cc1cc([C@@H](C)Nc2nc(C)nc3c(C)cc(C4=CCC(C(=O)N5CCN(C)CC5)CC4)cc23)cc([N+](=O)[O-])c1. The number of aromatic nitrogens is 2. The van der Waals surface area contributed by atoms with Gasteiger partial charge in [-0.05, 0) is 94.0 Å². The van der Waals surface area contributed by atoms with Crippen LogP contribution in [0, 0.1) is 36.8 Å². The van der Waals surface area contributed by atoms with Crippen molar-refractivity contribution < 1.29 is 9.72 Å². The molecule has 40 heavy (non-hydrogen) atoms. The van der Waals surface area contributed by atoms with E-state index in [0.717, 1.165) is 78.6 Å². The van der Waals surface area contributed by atoms with E-state index in [1.54, 1.807) is 12.1 Å². The molecule has 1 N–H and O–H groups in total. The van der Waals surface area contributed by atoms with Crippen molar-refractivity contribution in [2.75, 3.05) is 38.5 Å². The summed E-state index contributed by atoms with van der Waals surface area (Å²) >= 11 is 0. The van der Waals surface area contributed by atoms with Crippen molar-refractivity contribution in [1.29, 1.82) is 0 Å². The first-order valence-corrected chi connectivity index (χ1v) is 14.1. The molecule has 0 spiro atoms. The second-order valence-corrected chi connectivity index (χ2v) is 11.4. The number of anilines is 1. The lowest BCUT2D eigenvalue weighted by Gasteiger charge is -2.35. The zero-order valence-electron chi connectivity index (χ0n) is 24.0. The molecule has 2 aromatic carbocycles. The topological polar surface area (TPSA) is 104 Å². The summed E-state index contributed by atoms with van der Waals surface area (Å²) < 4.78 is 0. The minimum atomic E-state index is -0.357. The average Bonchev–Trinajstić information content (AvgIpc) is 2.93. The van der Waals surface area contributed by atoms with Crippen molar-refractivity contribution in [3.8, 4) is 0 Å². The summed E-state index contributed by atoms with van der Waals surface area (Å²) in [5.41, 5.74) is 6.09. The highest BCUT2D eigenvalue weighted by Gasteiger charge is 2.28. The van der Waals surface area contributed by atoms with E-state index in [-0.39, 0.29) is 22.6 Å². The number of rotatable bonds is 6. The molecule has 2 aliphatic rings. The fraction of sp³-hybridized carbons (Fsp3) is 0.452. The fourth-order valence-electron chi connectivity index (χ4n) is 5.85. The van der Waals surface area contributed by atoms with Crippen LogP contribution in [0.3, 0.4) is 0 Å². The Balaban J connectivity index is 1.41. The summed E-state index contributed by atoms with van der Waals surface area (Å²) in [6.07, 6.45) is 4.70. The van der Waals surface area contributed by atoms with E-state index in [1.807, 2.05) is 31.7 Å². The Morgan fingerprint density at radius 2 is 1.82 bits per heavy atom. The maximum absolute atomic E-state index is 13.1. The van der Waals surface area contributed by atoms with Gasteiger partial charge in [0.1, 0.15) is 11.6 Å². The summed E-state index contributed by atoms with van der Waals surface area (Å²) in [7, 11) is 2.10. The van der Waals surface area contributed by atoms with E-state index in [0.29, 0.717) is 17.5 Å². The number of hydrogen-bond acceptors (Lipinski definition) is 7. The summed E-state index contributed by atoms with van der Waals surface area (Å²) in [5.74, 6) is 1.72. The third-order valence-corrected chi connectivity index (χ3v) is 8.20. The number of allylic oxidation sites excluding steroid dienone is 2. The molecule has 9 heteroatoms. The summed E-state index contributed by atoms with van der Waals surface area (Å²) in [6.45, 7) is 11.3.